The van der Waals surface area contributed by atoms with Crippen molar-refractivity contribution >= 4 is 11.7 Å². The van der Waals surface area contributed by atoms with Gasteiger partial charge in [0.25, 0.3) is 0 Å². The Morgan fingerprint density at radius 1 is 1.53 bits per heavy atom. The lowest BCUT2D eigenvalue weighted by Gasteiger charge is -2.37. The number of carbonyl (C=O) groups excluding carboxylic acids is 1. The molecule has 1 aliphatic heterocycles. The molecular weight excluding hydrogens is 244 g/mol. The summed E-state index contributed by atoms with van der Waals surface area (Å²) in [4.78, 5) is 23.8. The molecule has 1 unspecified atom stereocenters. The highest BCUT2D eigenvalue weighted by atomic mass is 16.2. The van der Waals surface area contributed by atoms with E-state index in [9.17, 15) is 4.79 Å². The van der Waals surface area contributed by atoms with Crippen LogP contribution in [0.15, 0.2) is 12.4 Å². The van der Waals surface area contributed by atoms with Crippen molar-refractivity contribution in [2.75, 3.05) is 38.6 Å². The van der Waals surface area contributed by atoms with E-state index in [-0.39, 0.29) is 17.6 Å². The number of amides is 1. The third-order valence-electron chi connectivity index (χ3n) is 3.03. The van der Waals surface area contributed by atoms with Gasteiger partial charge < -0.3 is 15.1 Å². The number of hydrogen-bond acceptors (Lipinski definition) is 6. The maximum atomic E-state index is 12.2. The predicted octanol–water partition coefficient (Wildman–Crippen LogP) is -0.785. The van der Waals surface area contributed by atoms with Gasteiger partial charge >= 0.3 is 0 Å². The number of hydrogen-bond donors (Lipinski definition) is 1. The fraction of sp³-hybridized carbons (Fsp3) is 0.500. The van der Waals surface area contributed by atoms with Gasteiger partial charge in [-0.05, 0) is 0 Å². The van der Waals surface area contributed by atoms with E-state index in [1.54, 1.807) is 19.0 Å². The zero-order valence-electron chi connectivity index (χ0n) is 11.0. The second-order valence-electron chi connectivity index (χ2n) is 4.49. The number of nitrogens with zero attached hydrogens (tertiary/aromatic N) is 5. The summed E-state index contributed by atoms with van der Waals surface area (Å²) in [5, 5.41) is 12.3. The molecule has 7 nitrogen and oxygen atoms in total. The van der Waals surface area contributed by atoms with Crippen molar-refractivity contribution in [2.24, 2.45) is 0 Å². The van der Waals surface area contributed by atoms with Gasteiger partial charge in [0.1, 0.15) is 12.1 Å². The number of rotatable bonds is 2. The molecule has 1 fully saturated rings. The summed E-state index contributed by atoms with van der Waals surface area (Å²) in [6.07, 6.45) is 3.02. The first-order valence-corrected chi connectivity index (χ1v) is 6.04. The van der Waals surface area contributed by atoms with E-state index < -0.39 is 0 Å². The lowest BCUT2D eigenvalue weighted by Crippen LogP contribution is -2.58. The molecule has 100 valence electrons. The molecular formula is C12H16N6O. The van der Waals surface area contributed by atoms with Gasteiger partial charge in [-0.1, -0.05) is 0 Å². The molecule has 1 N–H and O–H groups in total. The van der Waals surface area contributed by atoms with Gasteiger partial charge in [-0.2, -0.15) is 5.26 Å². The lowest BCUT2D eigenvalue weighted by atomic mass is 10.1. The van der Waals surface area contributed by atoms with Crippen molar-refractivity contribution in [1.29, 1.82) is 5.26 Å². The predicted molar refractivity (Wildman–Crippen MR) is 69.4 cm³/mol. The van der Waals surface area contributed by atoms with E-state index in [2.05, 4.69) is 15.3 Å². The van der Waals surface area contributed by atoms with Gasteiger partial charge in [0.2, 0.25) is 5.91 Å². The molecule has 0 radical (unpaired) electrons. The molecule has 1 aliphatic rings. The zero-order chi connectivity index (χ0) is 13.8. The summed E-state index contributed by atoms with van der Waals surface area (Å²) in [6.45, 7) is 1.91. The SMILES string of the molecule is CN(C)C(=O)C1CNCCN1c1nccnc1C#N. The maximum Gasteiger partial charge on any atom is 0.246 e. The molecule has 1 aromatic heterocycles. The topological polar surface area (TPSA) is 85.2 Å². The molecule has 19 heavy (non-hydrogen) atoms. The minimum Gasteiger partial charge on any atom is -0.347 e. The molecule has 0 spiro atoms. The van der Waals surface area contributed by atoms with Gasteiger partial charge in [-0.3, -0.25) is 4.79 Å². The van der Waals surface area contributed by atoms with Crippen LogP contribution in [0.25, 0.3) is 0 Å². The van der Waals surface area contributed by atoms with Gasteiger partial charge in [-0.25, -0.2) is 9.97 Å². The third kappa shape index (κ3) is 2.63. The Balaban J connectivity index is 2.35. The first-order chi connectivity index (χ1) is 9.15. The number of nitrogens with one attached hydrogen (secondary N) is 1. The summed E-state index contributed by atoms with van der Waals surface area (Å²) < 4.78 is 0. The Bertz CT molecular complexity index is 509. The molecule has 0 bridgehead atoms. The van der Waals surface area contributed by atoms with Crippen molar-refractivity contribution in [3.63, 3.8) is 0 Å². The largest absolute Gasteiger partial charge is 0.347 e. The van der Waals surface area contributed by atoms with Crippen molar-refractivity contribution in [3.05, 3.63) is 18.1 Å². The summed E-state index contributed by atoms with van der Waals surface area (Å²) in [7, 11) is 3.44. The molecule has 7 heteroatoms. The molecule has 0 aromatic carbocycles. The Morgan fingerprint density at radius 2 is 2.26 bits per heavy atom. The average molecular weight is 260 g/mol. The van der Waals surface area contributed by atoms with Crippen LogP contribution in [0.5, 0.6) is 0 Å². The highest BCUT2D eigenvalue weighted by molar-refractivity contribution is 5.85. The fourth-order valence-electron chi connectivity index (χ4n) is 2.10. The van der Waals surface area contributed by atoms with Crippen molar-refractivity contribution < 1.29 is 4.79 Å². The first kappa shape index (κ1) is 13.2. The van der Waals surface area contributed by atoms with Gasteiger partial charge in [-0.15, -0.1) is 0 Å². The monoisotopic (exact) mass is 260 g/mol. The van der Waals surface area contributed by atoms with Gasteiger partial charge in [0.05, 0.1) is 0 Å². The van der Waals surface area contributed by atoms with Crippen LogP contribution in [0, 0.1) is 11.3 Å². The van der Waals surface area contributed by atoms with Crippen LogP contribution in [0.2, 0.25) is 0 Å². The molecule has 2 rings (SSSR count). The molecule has 1 amide bonds. The van der Waals surface area contributed by atoms with Crippen LogP contribution in [-0.2, 0) is 4.79 Å². The van der Waals surface area contributed by atoms with Gasteiger partial charge in [0, 0.05) is 46.1 Å². The second-order valence-corrected chi connectivity index (χ2v) is 4.49. The van der Waals surface area contributed by atoms with E-state index in [4.69, 9.17) is 5.26 Å². The quantitative estimate of drug-likeness (QED) is 0.750. The number of likely N-dealkylation sites (N-methyl/N-ethyl adjacent to an activating group) is 1. The Labute approximate surface area is 111 Å². The van der Waals surface area contributed by atoms with E-state index in [0.29, 0.717) is 18.9 Å². The van der Waals surface area contributed by atoms with Crippen LogP contribution in [0.4, 0.5) is 5.82 Å². The second kappa shape index (κ2) is 5.63. The van der Waals surface area contributed by atoms with Crippen LogP contribution in [0.1, 0.15) is 5.69 Å². The summed E-state index contributed by atoms with van der Waals surface area (Å²) in [5.41, 5.74) is 0.251. The van der Waals surface area contributed by atoms with Crippen molar-refractivity contribution in [2.45, 2.75) is 6.04 Å². The fourth-order valence-corrected chi connectivity index (χ4v) is 2.10. The Kier molecular flexibility index (Phi) is 3.92. The summed E-state index contributed by atoms with van der Waals surface area (Å²) >= 11 is 0. The minimum absolute atomic E-state index is 0.0123. The van der Waals surface area contributed by atoms with Crippen molar-refractivity contribution in [3.8, 4) is 6.07 Å². The average Bonchev–Trinajstić information content (AvgIpc) is 2.46. The highest BCUT2D eigenvalue weighted by Crippen LogP contribution is 2.19. The summed E-state index contributed by atoms with van der Waals surface area (Å²) in [5.74, 6) is 0.466. The third-order valence-corrected chi connectivity index (χ3v) is 3.03. The molecule has 0 saturated carbocycles. The number of carbonyl (C=O) groups is 1. The zero-order valence-corrected chi connectivity index (χ0v) is 11.0. The number of piperazine rings is 1. The van der Waals surface area contributed by atoms with E-state index in [0.717, 1.165) is 6.54 Å². The molecule has 2 heterocycles. The van der Waals surface area contributed by atoms with Crippen LogP contribution in [-0.4, -0.2) is 60.5 Å². The first-order valence-electron chi connectivity index (χ1n) is 6.04. The van der Waals surface area contributed by atoms with Crippen LogP contribution in [0.3, 0.4) is 0 Å². The Hall–Kier alpha value is -2.20. The Morgan fingerprint density at radius 3 is 2.95 bits per heavy atom. The number of anilines is 1. The normalized spacial score (nSPS) is 18.8. The molecule has 0 aliphatic carbocycles. The minimum atomic E-state index is -0.354. The standard InChI is InChI=1S/C12H16N6O/c1-17(2)12(19)10-8-14-5-6-18(10)11-9(7-13)15-3-4-16-11/h3-4,10,14H,5-6,8H2,1-2H3. The summed E-state index contributed by atoms with van der Waals surface area (Å²) in [6, 6.07) is 1.67. The van der Waals surface area contributed by atoms with E-state index in [1.165, 1.54) is 12.4 Å². The lowest BCUT2D eigenvalue weighted by molar-refractivity contribution is -0.130. The smallest absolute Gasteiger partial charge is 0.246 e. The molecule has 1 atom stereocenters. The molecule has 1 aromatic rings. The van der Waals surface area contributed by atoms with E-state index in [1.807, 2.05) is 11.0 Å². The van der Waals surface area contributed by atoms with Crippen molar-refractivity contribution in [1.82, 2.24) is 20.2 Å². The highest BCUT2D eigenvalue weighted by Gasteiger charge is 2.32. The van der Waals surface area contributed by atoms with Gasteiger partial charge in [0.15, 0.2) is 11.5 Å². The maximum absolute atomic E-state index is 12.2. The molecule has 1 saturated heterocycles. The number of nitriles is 1. The van der Waals surface area contributed by atoms with Crippen LogP contribution >= 0.6 is 0 Å². The van der Waals surface area contributed by atoms with E-state index >= 15 is 0 Å². The van der Waals surface area contributed by atoms with Crippen LogP contribution < -0.4 is 10.2 Å². The number of aromatic nitrogens is 2.